The summed E-state index contributed by atoms with van der Waals surface area (Å²) in [4.78, 5) is 0. The predicted octanol–water partition coefficient (Wildman–Crippen LogP) is 10.1. The van der Waals surface area contributed by atoms with Crippen molar-refractivity contribution < 1.29 is 124 Å². The SMILES string of the molecule is FC(F)(F)C(F)(F)C(F)(F)C(F)(F)C(F)(F)C(F)(F)CCOCCCCOCCC(F)(F)C(F)(F)C(F)(F)C(F)(F)C(F)(F)C(F)(F)F. The van der Waals surface area contributed by atoms with E-state index in [9.17, 15) is 114 Å². The Kier molecular flexibility index (Phi) is 13.1. The van der Waals surface area contributed by atoms with Crippen molar-refractivity contribution >= 4 is 0 Å². The van der Waals surface area contributed by atoms with E-state index >= 15 is 0 Å². The second-order valence-electron chi connectivity index (χ2n) is 9.43. The molecule has 0 aliphatic carbocycles. The zero-order chi connectivity index (χ0) is 39.1. The quantitative estimate of drug-likeness (QED) is 0.0960. The second-order valence-corrected chi connectivity index (χ2v) is 9.43. The minimum atomic E-state index is -8.13. The maximum atomic E-state index is 13.6. The van der Waals surface area contributed by atoms with Gasteiger partial charge in [-0.3, -0.25) is 0 Å². The van der Waals surface area contributed by atoms with Crippen LogP contribution in [0.5, 0.6) is 0 Å². The average Bonchev–Trinajstić information content (AvgIpc) is 2.87. The molecule has 0 fully saturated rings. The van der Waals surface area contributed by atoms with Gasteiger partial charge in [0, 0.05) is 26.1 Å². The lowest BCUT2D eigenvalue weighted by molar-refractivity contribution is -0.440. The van der Waals surface area contributed by atoms with Crippen molar-refractivity contribution in [3.8, 4) is 0 Å². The molecular weight excluding hydrogens is 766 g/mol. The Morgan fingerprint density at radius 3 is 0.667 bits per heavy atom. The molecule has 0 spiro atoms. The van der Waals surface area contributed by atoms with Crippen LogP contribution in [0.15, 0.2) is 0 Å². The Hall–Kier alpha value is -1.90. The van der Waals surface area contributed by atoms with E-state index in [1.807, 2.05) is 0 Å². The highest BCUT2D eigenvalue weighted by atomic mass is 19.4. The molecule has 48 heavy (non-hydrogen) atoms. The van der Waals surface area contributed by atoms with Crippen LogP contribution in [0.2, 0.25) is 0 Å². The van der Waals surface area contributed by atoms with Crippen LogP contribution < -0.4 is 0 Å². The van der Waals surface area contributed by atoms with E-state index in [0.717, 1.165) is 0 Å². The number of alkyl halides is 26. The van der Waals surface area contributed by atoms with Gasteiger partial charge in [0.1, 0.15) is 0 Å². The summed E-state index contributed by atoms with van der Waals surface area (Å²) in [5, 5.41) is 0. The molecule has 0 saturated carbocycles. The first-order valence-electron chi connectivity index (χ1n) is 11.8. The largest absolute Gasteiger partial charge is 0.460 e. The minimum absolute atomic E-state index is 0.614. The van der Waals surface area contributed by atoms with Crippen LogP contribution in [0.3, 0.4) is 0 Å². The fraction of sp³-hybridized carbons (Fsp3) is 1.00. The molecule has 0 radical (unpaired) electrons. The van der Waals surface area contributed by atoms with Crippen LogP contribution in [0.25, 0.3) is 0 Å². The molecule has 0 aromatic heterocycles. The molecule has 0 aliphatic heterocycles. The molecule has 0 heterocycles. The fourth-order valence-electron chi connectivity index (χ4n) is 2.93. The summed E-state index contributed by atoms with van der Waals surface area (Å²) < 4.78 is 346. The summed E-state index contributed by atoms with van der Waals surface area (Å²) in [6.07, 6.45) is -21.9. The molecule has 0 aliphatic rings. The molecule has 0 N–H and O–H groups in total. The molecule has 0 aromatic rings. The van der Waals surface area contributed by atoms with Gasteiger partial charge in [0.25, 0.3) is 0 Å². The molecule has 0 atom stereocenters. The van der Waals surface area contributed by atoms with Gasteiger partial charge in [-0.2, -0.15) is 114 Å². The van der Waals surface area contributed by atoms with Crippen LogP contribution in [-0.2, 0) is 9.47 Å². The first-order chi connectivity index (χ1) is 20.7. The summed E-state index contributed by atoms with van der Waals surface area (Å²) in [7, 11) is 0. The van der Waals surface area contributed by atoms with Gasteiger partial charge in [0.15, 0.2) is 0 Å². The monoisotopic (exact) mass is 782 g/mol. The van der Waals surface area contributed by atoms with Gasteiger partial charge in [0.2, 0.25) is 0 Å². The zero-order valence-electron chi connectivity index (χ0n) is 22.3. The third-order valence-electron chi connectivity index (χ3n) is 5.94. The van der Waals surface area contributed by atoms with Crippen LogP contribution in [0, 0.1) is 0 Å². The number of hydrogen-bond acceptors (Lipinski definition) is 2. The summed E-state index contributed by atoms with van der Waals surface area (Å²) in [6, 6.07) is 0. The Morgan fingerprint density at radius 2 is 0.458 bits per heavy atom. The van der Waals surface area contributed by atoms with Crippen LogP contribution in [0.4, 0.5) is 114 Å². The number of rotatable bonds is 19. The first kappa shape index (κ1) is 46.1. The van der Waals surface area contributed by atoms with Gasteiger partial charge in [-0.05, 0) is 12.8 Å². The number of hydrogen-bond donors (Lipinski definition) is 0. The van der Waals surface area contributed by atoms with Gasteiger partial charge in [-0.1, -0.05) is 0 Å². The Bertz CT molecular complexity index is 959. The lowest BCUT2D eigenvalue weighted by Gasteiger charge is -2.39. The van der Waals surface area contributed by atoms with E-state index in [-0.39, 0.29) is 0 Å². The highest BCUT2D eigenvalue weighted by Gasteiger charge is 2.92. The van der Waals surface area contributed by atoms with Crippen LogP contribution in [-0.4, -0.2) is 98.0 Å². The van der Waals surface area contributed by atoms with Crippen molar-refractivity contribution in [2.24, 2.45) is 0 Å². The summed E-state index contributed by atoms with van der Waals surface area (Å²) in [5.74, 6) is -76.3. The number of unbranched alkanes of at least 4 members (excludes halogenated alkanes) is 1. The zero-order valence-corrected chi connectivity index (χ0v) is 22.3. The normalized spacial score (nSPS) is 16.1. The van der Waals surface area contributed by atoms with Crippen LogP contribution >= 0.6 is 0 Å². The Labute approximate surface area is 248 Å². The molecule has 0 rings (SSSR count). The number of ether oxygens (including phenoxy) is 2. The van der Waals surface area contributed by atoms with Crippen molar-refractivity contribution in [2.75, 3.05) is 26.4 Å². The molecule has 0 saturated heterocycles. The van der Waals surface area contributed by atoms with E-state index in [4.69, 9.17) is 0 Å². The van der Waals surface area contributed by atoms with E-state index in [1.54, 1.807) is 0 Å². The van der Waals surface area contributed by atoms with E-state index in [2.05, 4.69) is 9.47 Å². The summed E-state index contributed by atoms with van der Waals surface area (Å²) in [5.41, 5.74) is 0. The van der Waals surface area contributed by atoms with E-state index in [1.165, 1.54) is 0 Å². The summed E-state index contributed by atoms with van der Waals surface area (Å²) in [6.45, 7) is -5.64. The lowest BCUT2D eigenvalue weighted by atomic mass is 9.93. The van der Waals surface area contributed by atoms with Gasteiger partial charge in [-0.15, -0.1) is 0 Å². The second kappa shape index (κ2) is 13.7. The van der Waals surface area contributed by atoms with Gasteiger partial charge in [-0.25, -0.2) is 0 Å². The lowest BCUT2D eigenvalue weighted by Crippen LogP contribution is -2.70. The third kappa shape index (κ3) is 7.71. The summed E-state index contributed by atoms with van der Waals surface area (Å²) >= 11 is 0. The predicted molar refractivity (Wildman–Crippen MR) is 102 cm³/mol. The fourth-order valence-corrected chi connectivity index (χ4v) is 2.93. The highest BCUT2D eigenvalue weighted by molar-refractivity contribution is 5.11. The van der Waals surface area contributed by atoms with Crippen molar-refractivity contribution in [3.05, 3.63) is 0 Å². The van der Waals surface area contributed by atoms with Crippen molar-refractivity contribution in [3.63, 3.8) is 0 Å². The highest BCUT2D eigenvalue weighted by Crippen LogP contribution is 2.62. The minimum Gasteiger partial charge on any atom is -0.381 e. The van der Waals surface area contributed by atoms with Crippen molar-refractivity contribution in [2.45, 2.75) is 97.3 Å². The molecule has 0 unspecified atom stereocenters. The number of halogens is 26. The molecule has 0 bridgehead atoms. The third-order valence-corrected chi connectivity index (χ3v) is 5.94. The van der Waals surface area contributed by atoms with Crippen LogP contribution in [0.1, 0.15) is 25.7 Å². The topological polar surface area (TPSA) is 18.5 Å². The Morgan fingerprint density at radius 1 is 0.250 bits per heavy atom. The van der Waals surface area contributed by atoms with E-state index in [0.29, 0.717) is 0 Å². The first-order valence-corrected chi connectivity index (χ1v) is 11.8. The van der Waals surface area contributed by atoms with Crippen molar-refractivity contribution in [1.82, 2.24) is 0 Å². The van der Waals surface area contributed by atoms with Gasteiger partial charge < -0.3 is 9.47 Å². The van der Waals surface area contributed by atoms with Crippen molar-refractivity contribution in [1.29, 1.82) is 0 Å². The maximum absolute atomic E-state index is 13.6. The standard InChI is InChI=1S/C20H16F26O2/c21-9(22,11(25,26)13(29,30)15(33,34)17(37,38)19(41,42)43)3-7-47-5-1-2-6-48-8-4-10(23,24)12(27,28)14(31,32)16(35,36)18(39,40)20(44,45)46/h1-8H2. The molecule has 28 heteroatoms. The Balaban J connectivity index is 5.04. The average molecular weight is 782 g/mol. The smallest absolute Gasteiger partial charge is 0.381 e. The maximum Gasteiger partial charge on any atom is 0.460 e. The molecule has 290 valence electrons. The van der Waals surface area contributed by atoms with Gasteiger partial charge >= 0.3 is 71.6 Å². The van der Waals surface area contributed by atoms with E-state index < -0.39 is 124 Å². The van der Waals surface area contributed by atoms with Gasteiger partial charge in [0.05, 0.1) is 13.2 Å². The molecular formula is C20H16F26O2. The molecule has 0 aromatic carbocycles. The molecule has 2 nitrogen and oxygen atoms in total. The molecule has 0 amide bonds.